The molecule has 0 spiro atoms. The first-order chi connectivity index (χ1) is 10.2. The fourth-order valence-corrected chi connectivity index (χ4v) is 3.46. The molecule has 0 saturated carbocycles. The predicted molar refractivity (Wildman–Crippen MR) is 84.1 cm³/mol. The fraction of sp³-hybridized carbons (Fsp3) is 0.400. The molecule has 6 heteroatoms. The summed E-state index contributed by atoms with van der Waals surface area (Å²) in [6.45, 7) is 1.81. The maximum absolute atomic E-state index is 11.1. The van der Waals surface area contributed by atoms with Crippen molar-refractivity contribution in [3.63, 3.8) is 0 Å². The number of hydrogen-bond donors (Lipinski definition) is 1. The second kappa shape index (κ2) is 6.22. The number of carbonyl (C=O) groups excluding carboxylic acids is 1. The van der Waals surface area contributed by atoms with Crippen molar-refractivity contribution in [3.05, 3.63) is 30.3 Å². The molecule has 0 aliphatic carbocycles. The van der Waals surface area contributed by atoms with Crippen molar-refractivity contribution in [1.29, 1.82) is 0 Å². The first kappa shape index (κ1) is 14.0. The third-order valence-corrected chi connectivity index (χ3v) is 4.50. The van der Waals surface area contributed by atoms with E-state index in [2.05, 4.69) is 14.3 Å². The molecule has 3 rings (SSSR count). The molecular weight excluding hydrogens is 284 g/mol. The van der Waals surface area contributed by atoms with E-state index in [1.54, 1.807) is 0 Å². The number of carbonyl (C=O) groups is 1. The number of nitrogens with zero attached hydrogens (tertiary/aromatic N) is 3. The van der Waals surface area contributed by atoms with E-state index in [1.807, 2.05) is 30.3 Å². The monoisotopic (exact) mass is 302 g/mol. The Morgan fingerprint density at radius 2 is 2.19 bits per heavy atom. The van der Waals surface area contributed by atoms with Crippen molar-refractivity contribution < 1.29 is 4.79 Å². The zero-order valence-electron chi connectivity index (χ0n) is 11.7. The molecule has 5 nitrogen and oxygen atoms in total. The van der Waals surface area contributed by atoms with Gasteiger partial charge in [0.15, 0.2) is 5.82 Å². The van der Waals surface area contributed by atoms with Gasteiger partial charge < -0.3 is 10.6 Å². The third-order valence-electron chi connectivity index (χ3n) is 3.73. The molecule has 21 heavy (non-hydrogen) atoms. The molecule has 1 aromatic carbocycles. The van der Waals surface area contributed by atoms with Crippen LogP contribution < -0.4 is 10.6 Å². The number of benzene rings is 1. The summed E-state index contributed by atoms with van der Waals surface area (Å²) in [7, 11) is 0. The molecule has 110 valence electrons. The smallest absolute Gasteiger partial charge is 0.217 e. The molecule has 1 aromatic heterocycles. The number of amides is 1. The molecular formula is C15H18N4OS. The molecule has 2 heterocycles. The molecule has 2 N–H and O–H groups in total. The minimum Gasteiger partial charge on any atom is -0.370 e. The zero-order chi connectivity index (χ0) is 14.7. The number of aromatic nitrogens is 2. The lowest BCUT2D eigenvalue weighted by Gasteiger charge is -2.31. The van der Waals surface area contributed by atoms with Crippen molar-refractivity contribution in [2.24, 2.45) is 11.7 Å². The Labute approximate surface area is 128 Å². The molecule has 1 aliphatic rings. The van der Waals surface area contributed by atoms with Gasteiger partial charge in [-0.15, -0.1) is 0 Å². The first-order valence-electron chi connectivity index (χ1n) is 7.15. The van der Waals surface area contributed by atoms with Gasteiger partial charge >= 0.3 is 0 Å². The van der Waals surface area contributed by atoms with Gasteiger partial charge in [0.2, 0.25) is 11.0 Å². The Kier molecular flexibility index (Phi) is 4.15. The summed E-state index contributed by atoms with van der Waals surface area (Å²) in [4.78, 5) is 17.9. The second-order valence-corrected chi connectivity index (χ2v) is 6.12. The summed E-state index contributed by atoms with van der Waals surface area (Å²) >= 11 is 1.42. The van der Waals surface area contributed by atoms with E-state index >= 15 is 0 Å². The molecule has 1 unspecified atom stereocenters. The van der Waals surface area contributed by atoms with Crippen molar-refractivity contribution in [3.8, 4) is 11.4 Å². The quantitative estimate of drug-likeness (QED) is 0.940. The fourth-order valence-electron chi connectivity index (χ4n) is 2.74. The van der Waals surface area contributed by atoms with E-state index in [9.17, 15) is 4.79 Å². The van der Waals surface area contributed by atoms with Crippen molar-refractivity contribution in [1.82, 2.24) is 9.36 Å². The number of anilines is 1. The topological polar surface area (TPSA) is 72.1 Å². The normalized spacial score (nSPS) is 18.7. The van der Waals surface area contributed by atoms with Crippen molar-refractivity contribution in [2.45, 2.75) is 19.3 Å². The summed E-state index contributed by atoms with van der Waals surface area (Å²) < 4.78 is 4.44. The Bertz CT molecular complexity index is 613. The van der Waals surface area contributed by atoms with Crippen LogP contribution in [0.4, 0.5) is 5.13 Å². The highest BCUT2D eigenvalue weighted by Crippen LogP contribution is 2.28. The Balaban J connectivity index is 1.72. The van der Waals surface area contributed by atoms with E-state index in [-0.39, 0.29) is 5.91 Å². The van der Waals surface area contributed by atoms with Crippen LogP contribution in [0.25, 0.3) is 11.4 Å². The highest BCUT2D eigenvalue weighted by atomic mass is 32.1. The minimum atomic E-state index is -0.218. The lowest BCUT2D eigenvalue weighted by Crippen LogP contribution is -2.37. The molecule has 0 radical (unpaired) electrons. The van der Waals surface area contributed by atoms with Gasteiger partial charge in [-0.05, 0) is 18.8 Å². The molecule has 2 aromatic rings. The average molecular weight is 302 g/mol. The maximum atomic E-state index is 11.1. The molecule has 0 bridgehead atoms. The van der Waals surface area contributed by atoms with Gasteiger partial charge in [0.1, 0.15) is 0 Å². The first-order valence-corrected chi connectivity index (χ1v) is 7.92. The lowest BCUT2D eigenvalue weighted by atomic mass is 9.95. The number of nitrogens with two attached hydrogens (primary N) is 1. The molecule has 1 saturated heterocycles. The van der Waals surface area contributed by atoms with Crippen LogP contribution in [-0.2, 0) is 4.79 Å². The average Bonchev–Trinajstić information content (AvgIpc) is 2.98. The van der Waals surface area contributed by atoms with Crippen LogP contribution in [0.15, 0.2) is 30.3 Å². The maximum Gasteiger partial charge on any atom is 0.217 e. The number of hydrogen-bond acceptors (Lipinski definition) is 5. The summed E-state index contributed by atoms with van der Waals surface area (Å²) in [6.07, 6.45) is 2.59. The highest BCUT2D eigenvalue weighted by Gasteiger charge is 2.23. The Morgan fingerprint density at radius 1 is 1.38 bits per heavy atom. The van der Waals surface area contributed by atoms with Gasteiger partial charge in [0, 0.05) is 36.6 Å². The summed E-state index contributed by atoms with van der Waals surface area (Å²) in [5, 5.41) is 0.933. The van der Waals surface area contributed by atoms with Crippen LogP contribution in [0.3, 0.4) is 0 Å². The summed E-state index contributed by atoms with van der Waals surface area (Å²) in [5.74, 6) is 0.886. The van der Waals surface area contributed by atoms with E-state index in [0.717, 1.165) is 42.5 Å². The van der Waals surface area contributed by atoms with Crippen LogP contribution in [-0.4, -0.2) is 28.4 Å². The SMILES string of the molecule is NC(=O)CC1CCCN(c2nc(-c3ccccc3)ns2)C1. The number of primary amides is 1. The molecule has 1 atom stereocenters. The van der Waals surface area contributed by atoms with Crippen LogP contribution in [0.1, 0.15) is 19.3 Å². The van der Waals surface area contributed by atoms with E-state index < -0.39 is 0 Å². The zero-order valence-corrected chi connectivity index (χ0v) is 12.6. The van der Waals surface area contributed by atoms with Crippen LogP contribution in [0.2, 0.25) is 0 Å². The highest BCUT2D eigenvalue weighted by molar-refractivity contribution is 7.09. The second-order valence-electron chi connectivity index (χ2n) is 5.39. The summed E-state index contributed by atoms with van der Waals surface area (Å²) in [5.41, 5.74) is 6.34. The van der Waals surface area contributed by atoms with Gasteiger partial charge in [0.05, 0.1) is 0 Å². The number of piperidine rings is 1. The summed E-state index contributed by atoms with van der Waals surface area (Å²) in [6, 6.07) is 9.98. The largest absolute Gasteiger partial charge is 0.370 e. The third kappa shape index (κ3) is 3.39. The van der Waals surface area contributed by atoms with E-state index in [0.29, 0.717) is 12.3 Å². The standard InChI is InChI=1S/C15H18N4OS/c16-13(20)9-11-5-4-8-19(10-11)15-17-14(18-21-15)12-6-2-1-3-7-12/h1-3,6-7,11H,4-5,8-10H2,(H2,16,20). The molecule has 1 aliphatic heterocycles. The van der Waals surface area contributed by atoms with Gasteiger partial charge in [-0.2, -0.15) is 9.36 Å². The minimum absolute atomic E-state index is 0.218. The van der Waals surface area contributed by atoms with Crippen molar-refractivity contribution >= 4 is 22.6 Å². The van der Waals surface area contributed by atoms with E-state index in [1.165, 1.54) is 11.5 Å². The van der Waals surface area contributed by atoms with Crippen molar-refractivity contribution in [2.75, 3.05) is 18.0 Å². The van der Waals surface area contributed by atoms with Gasteiger partial charge in [-0.1, -0.05) is 30.3 Å². The van der Waals surface area contributed by atoms with E-state index in [4.69, 9.17) is 5.73 Å². The Morgan fingerprint density at radius 3 is 2.95 bits per heavy atom. The van der Waals surface area contributed by atoms with Gasteiger partial charge in [0.25, 0.3) is 0 Å². The van der Waals surface area contributed by atoms with Crippen LogP contribution in [0.5, 0.6) is 0 Å². The lowest BCUT2D eigenvalue weighted by molar-refractivity contribution is -0.118. The molecule has 1 amide bonds. The van der Waals surface area contributed by atoms with Crippen LogP contribution in [0, 0.1) is 5.92 Å². The van der Waals surface area contributed by atoms with Gasteiger partial charge in [-0.25, -0.2) is 0 Å². The number of rotatable bonds is 4. The van der Waals surface area contributed by atoms with Gasteiger partial charge in [-0.3, -0.25) is 4.79 Å². The predicted octanol–water partition coefficient (Wildman–Crippen LogP) is 2.30. The Hall–Kier alpha value is -1.95. The van der Waals surface area contributed by atoms with Crippen LogP contribution >= 0.6 is 11.5 Å². The molecule has 1 fully saturated rings.